The summed E-state index contributed by atoms with van der Waals surface area (Å²) >= 11 is 0. The molecule has 0 aliphatic rings. The van der Waals surface area contributed by atoms with Gasteiger partial charge in [0.05, 0.1) is 5.56 Å². The van der Waals surface area contributed by atoms with E-state index in [4.69, 9.17) is 4.74 Å². The second-order valence-corrected chi connectivity index (χ2v) is 4.45. The predicted molar refractivity (Wildman–Crippen MR) is 68.5 cm³/mol. The maximum atomic E-state index is 10.9. The molecular formula is C13H20N2O2. The van der Waals surface area contributed by atoms with E-state index in [2.05, 4.69) is 0 Å². The molecule has 4 nitrogen and oxygen atoms in total. The second kappa shape index (κ2) is 6.37. The fourth-order valence-electron chi connectivity index (χ4n) is 1.45. The summed E-state index contributed by atoms with van der Waals surface area (Å²) in [5.41, 5.74) is 0.582. The molecule has 0 spiro atoms. The first kappa shape index (κ1) is 13.7. The maximum Gasteiger partial charge on any atom is 0.164 e. The van der Waals surface area contributed by atoms with Crippen molar-refractivity contribution in [3.63, 3.8) is 0 Å². The standard InChI is InChI=1S/C13H20N2O2/c1-14(2)9-13(15(3)4)17-12-8-6-5-7-11(12)10-16/h5-8,10,13H,9H2,1-4H3. The van der Waals surface area contributed by atoms with Gasteiger partial charge in [0.25, 0.3) is 0 Å². The molecule has 0 aromatic heterocycles. The van der Waals surface area contributed by atoms with Crippen LogP contribution in [0.1, 0.15) is 10.4 Å². The highest BCUT2D eigenvalue weighted by molar-refractivity contribution is 5.79. The fourth-order valence-corrected chi connectivity index (χ4v) is 1.45. The van der Waals surface area contributed by atoms with Crippen molar-refractivity contribution < 1.29 is 9.53 Å². The molecule has 17 heavy (non-hydrogen) atoms. The van der Waals surface area contributed by atoms with Gasteiger partial charge in [-0.15, -0.1) is 0 Å². The van der Waals surface area contributed by atoms with Crippen LogP contribution in [0.2, 0.25) is 0 Å². The van der Waals surface area contributed by atoms with Crippen LogP contribution >= 0.6 is 0 Å². The molecule has 0 bridgehead atoms. The van der Waals surface area contributed by atoms with Crippen molar-refractivity contribution in [3.05, 3.63) is 29.8 Å². The Hall–Kier alpha value is -1.39. The van der Waals surface area contributed by atoms with Gasteiger partial charge in [-0.3, -0.25) is 9.69 Å². The van der Waals surface area contributed by atoms with E-state index in [1.807, 2.05) is 56.2 Å². The highest BCUT2D eigenvalue weighted by Crippen LogP contribution is 2.18. The SMILES string of the molecule is CN(C)CC(Oc1ccccc1C=O)N(C)C. The van der Waals surface area contributed by atoms with Crippen molar-refractivity contribution in [2.75, 3.05) is 34.7 Å². The minimum Gasteiger partial charge on any atom is -0.473 e. The first-order valence-electron chi connectivity index (χ1n) is 5.56. The predicted octanol–water partition coefficient (Wildman–Crippen LogP) is 1.33. The van der Waals surface area contributed by atoms with Crippen LogP contribution in [0, 0.1) is 0 Å². The van der Waals surface area contributed by atoms with Crippen molar-refractivity contribution in [2.24, 2.45) is 0 Å². The molecule has 0 fully saturated rings. The van der Waals surface area contributed by atoms with E-state index in [1.54, 1.807) is 6.07 Å². The van der Waals surface area contributed by atoms with Gasteiger partial charge in [-0.05, 0) is 40.3 Å². The molecule has 0 N–H and O–H groups in total. The van der Waals surface area contributed by atoms with Crippen LogP contribution in [0.3, 0.4) is 0 Å². The van der Waals surface area contributed by atoms with Gasteiger partial charge < -0.3 is 9.64 Å². The number of nitrogens with zero attached hydrogens (tertiary/aromatic N) is 2. The number of rotatable bonds is 6. The van der Waals surface area contributed by atoms with Gasteiger partial charge in [0.15, 0.2) is 12.5 Å². The Labute approximate surface area is 103 Å². The number of para-hydroxylation sites is 1. The van der Waals surface area contributed by atoms with Crippen LogP contribution < -0.4 is 4.74 Å². The van der Waals surface area contributed by atoms with Crippen LogP contribution in [0.15, 0.2) is 24.3 Å². The van der Waals surface area contributed by atoms with Gasteiger partial charge in [-0.1, -0.05) is 12.1 Å². The van der Waals surface area contributed by atoms with Gasteiger partial charge in [-0.2, -0.15) is 0 Å². The van der Waals surface area contributed by atoms with Crippen LogP contribution in [0.25, 0.3) is 0 Å². The van der Waals surface area contributed by atoms with Crippen molar-refractivity contribution in [1.82, 2.24) is 9.80 Å². The lowest BCUT2D eigenvalue weighted by Crippen LogP contribution is -2.41. The number of hydrogen-bond acceptors (Lipinski definition) is 4. The summed E-state index contributed by atoms with van der Waals surface area (Å²) < 4.78 is 5.86. The van der Waals surface area contributed by atoms with Crippen LogP contribution in [-0.4, -0.2) is 57.0 Å². The summed E-state index contributed by atoms with van der Waals surface area (Å²) in [6.45, 7) is 0.764. The smallest absolute Gasteiger partial charge is 0.164 e. The first-order valence-corrected chi connectivity index (χ1v) is 5.56. The minimum atomic E-state index is -0.0777. The Bertz CT molecular complexity index is 364. The minimum absolute atomic E-state index is 0.0777. The first-order chi connectivity index (χ1) is 8.04. The summed E-state index contributed by atoms with van der Waals surface area (Å²) in [5.74, 6) is 0.628. The normalized spacial score (nSPS) is 12.8. The quantitative estimate of drug-likeness (QED) is 0.551. The highest BCUT2D eigenvalue weighted by Gasteiger charge is 2.15. The second-order valence-electron chi connectivity index (χ2n) is 4.45. The molecule has 1 atom stereocenters. The van der Waals surface area contributed by atoms with Crippen LogP contribution in [0.4, 0.5) is 0 Å². The molecule has 0 radical (unpaired) electrons. The Morgan fingerprint density at radius 1 is 1.24 bits per heavy atom. The van der Waals surface area contributed by atoms with Crippen molar-refractivity contribution in [1.29, 1.82) is 0 Å². The van der Waals surface area contributed by atoms with E-state index in [9.17, 15) is 4.79 Å². The third-order valence-electron chi connectivity index (χ3n) is 2.41. The number of hydrogen-bond donors (Lipinski definition) is 0. The summed E-state index contributed by atoms with van der Waals surface area (Å²) in [4.78, 5) is 14.9. The van der Waals surface area contributed by atoms with E-state index in [0.717, 1.165) is 12.8 Å². The molecule has 0 saturated heterocycles. The summed E-state index contributed by atoms with van der Waals surface area (Å²) in [7, 11) is 7.90. The average molecular weight is 236 g/mol. The summed E-state index contributed by atoms with van der Waals surface area (Å²) in [6, 6.07) is 7.26. The average Bonchev–Trinajstić information content (AvgIpc) is 2.28. The lowest BCUT2D eigenvalue weighted by Gasteiger charge is -2.28. The van der Waals surface area contributed by atoms with Crippen molar-refractivity contribution in [3.8, 4) is 5.75 Å². The van der Waals surface area contributed by atoms with E-state index >= 15 is 0 Å². The van der Waals surface area contributed by atoms with Crippen LogP contribution in [0.5, 0.6) is 5.75 Å². The number of benzene rings is 1. The Kier molecular flexibility index (Phi) is 5.12. The molecular weight excluding hydrogens is 216 g/mol. The number of aldehydes is 1. The number of ether oxygens (including phenoxy) is 1. The number of likely N-dealkylation sites (N-methyl/N-ethyl adjacent to an activating group) is 2. The molecule has 0 aliphatic heterocycles. The molecule has 94 valence electrons. The zero-order valence-electron chi connectivity index (χ0n) is 10.9. The third kappa shape index (κ3) is 4.17. The van der Waals surface area contributed by atoms with Crippen LogP contribution in [-0.2, 0) is 0 Å². The van der Waals surface area contributed by atoms with E-state index < -0.39 is 0 Å². The monoisotopic (exact) mass is 236 g/mol. The van der Waals surface area contributed by atoms with Gasteiger partial charge >= 0.3 is 0 Å². The summed E-state index contributed by atoms with van der Waals surface area (Å²) in [6.07, 6.45) is 0.739. The maximum absolute atomic E-state index is 10.9. The molecule has 0 saturated carbocycles. The Morgan fingerprint density at radius 2 is 1.88 bits per heavy atom. The van der Waals surface area contributed by atoms with Crippen molar-refractivity contribution in [2.45, 2.75) is 6.23 Å². The Balaban J connectivity index is 2.81. The number of carbonyl (C=O) groups excluding carboxylic acids is 1. The van der Waals surface area contributed by atoms with Crippen molar-refractivity contribution >= 4 is 6.29 Å². The summed E-state index contributed by atoms with van der Waals surface area (Å²) in [5, 5.41) is 0. The van der Waals surface area contributed by atoms with Gasteiger partial charge in [-0.25, -0.2) is 0 Å². The molecule has 1 unspecified atom stereocenters. The zero-order valence-corrected chi connectivity index (χ0v) is 10.9. The topological polar surface area (TPSA) is 32.8 Å². The molecule has 0 amide bonds. The molecule has 1 rings (SSSR count). The van der Waals surface area contributed by atoms with Gasteiger partial charge in [0.1, 0.15) is 5.75 Å². The van der Waals surface area contributed by atoms with E-state index in [1.165, 1.54) is 0 Å². The molecule has 1 aromatic rings. The largest absolute Gasteiger partial charge is 0.473 e. The molecule has 4 heteroatoms. The molecule has 0 aliphatic carbocycles. The van der Waals surface area contributed by atoms with E-state index in [0.29, 0.717) is 11.3 Å². The third-order valence-corrected chi connectivity index (χ3v) is 2.41. The Morgan fingerprint density at radius 3 is 2.41 bits per heavy atom. The van der Waals surface area contributed by atoms with Gasteiger partial charge in [0, 0.05) is 6.54 Å². The van der Waals surface area contributed by atoms with E-state index in [-0.39, 0.29) is 6.23 Å². The zero-order chi connectivity index (χ0) is 12.8. The van der Waals surface area contributed by atoms with Gasteiger partial charge in [0.2, 0.25) is 0 Å². The lowest BCUT2D eigenvalue weighted by molar-refractivity contribution is 0.0411. The highest BCUT2D eigenvalue weighted by atomic mass is 16.5. The lowest BCUT2D eigenvalue weighted by atomic mass is 10.2. The molecule has 0 heterocycles. The molecule has 1 aromatic carbocycles. The fraction of sp³-hybridized carbons (Fsp3) is 0.462. The number of carbonyl (C=O) groups is 1.